The van der Waals surface area contributed by atoms with Gasteiger partial charge in [0, 0.05) is 37.4 Å². The summed E-state index contributed by atoms with van der Waals surface area (Å²) in [6.07, 6.45) is 0. The molecule has 0 saturated carbocycles. The second-order valence-corrected chi connectivity index (χ2v) is 7.03. The minimum atomic E-state index is -0.486. The smallest absolute Gasteiger partial charge is 0.248 e. The highest BCUT2D eigenvalue weighted by Gasteiger charge is 2.26. The van der Waals surface area contributed by atoms with Crippen LogP contribution in [0, 0.1) is 0 Å². The average Bonchev–Trinajstić information content (AvgIpc) is 2.74. The van der Waals surface area contributed by atoms with Crippen molar-refractivity contribution in [2.24, 2.45) is 5.73 Å². The van der Waals surface area contributed by atoms with Gasteiger partial charge in [-0.2, -0.15) is 0 Å². The molecule has 1 atom stereocenters. The summed E-state index contributed by atoms with van der Waals surface area (Å²) in [6, 6.07) is 14.4. The minimum Gasteiger partial charge on any atom is -0.492 e. The Hall–Kier alpha value is -3.06. The summed E-state index contributed by atoms with van der Waals surface area (Å²) < 4.78 is 5.74. The molecule has 1 aliphatic heterocycles. The van der Waals surface area contributed by atoms with E-state index in [1.165, 1.54) is 0 Å². The molecule has 0 aliphatic carbocycles. The highest BCUT2D eigenvalue weighted by Crippen LogP contribution is 2.29. The first kappa shape index (κ1) is 20.7. The Morgan fingerprint density at radius 2 is 1.72 bits per heavy atom. The van der Waals surface area contributed by atoms with Crippen LogP contribution >= 0.6 is 0 Å². The van der Waals surface area contributed by atoms with Crippen LogP contribution in [-0.4, -0.2) is 55.5 Å². The summed E-state index contributed by atoms with van der Waals surface area (Å²) in [7, 11) is 0. The predicted molar refractivity (Wildman–Crippen MR) is 114 cm³/mol. The quantitative estimate of drug-likeness (QED) is 0.750. The van der Waals surface area contributed by atoms with Gasteiger partial charge in [-0.1, -0.05) is 12.1 Å². The van der Waals surface area contributed by atoms with Crippen LogP contribution in [0.25, 0.3) is 0 Å². The number of carbonyl (C=O) groups is 2. The molecule has 7 nitrogen and oxygen atoms in total. The van der Waals surface area contributed by atoms with Gasteiger partial charge in [-0.3, -0.25) is 14.5 Å². The lowest BCUT2D eigenvalue weighted by molar-refractivity contribution is -0.120. The monoisotopic (exact) mass is 396 g/mol. The third-order valence-corrected chi connectivity index (χ3v) is 5.18. The van der Waals surface area contributed by atoms with Gasteiger partial charge in [0.1, 0.15) is 5.75 Å². The Morgan fingerprint density at radius 3 is 2.34 bits per heavy atom. The molecule has 0 unspecified atom stereocenters. The summed E-state index contributed by atoms with van der Waals surface area (Å²) in [5, 5.41) is 2.91. The molecule has 2 amide bonds. The molecule has 0 aromatic heterocycles. The van der Waals surface area contributed by atoms with Gasteiger partial charge in [-0.25, -0.2) is 0 Å². The van der Waals surface area contributed by atoms with Gasteiger partial charge < -0.3 is 20.7 Å². The summed E-state index contributed by atoms with van der Waals surface area (Å²) >= 11 is 0. The minimum absolute atomic E-state index is 0.0695. The number of amides is 2. The van der Waals surface area contributed by atoms with Gasteiger partial charge in [0.25, 0.3) is 0 Å². The van der Waals surface area contributed by atoms with Crippen molar-refractivity contribution < 1.29 is 14.3 Å². The van der Waals surface area contributed by atoms with E-state index in [-0.39, 0.29) is 11.9 Å². The second-order valence-electron chi connectivity index (χ2n) is 7.03. The van der Waals surface area contributed by atoms with E-state index in [0.717, 1.165) is 37.6 Å². The average molecular weight is 396 g/mol. The highest BCUT2D eigenvalue weighted by molar-refractivity contribution is 5.96. The Balaban J connectivity index is 1.56. The van der Waals surface area contributed by atoms with Gasteiger partial charge in [0.15, 0.2) is 0 Å². The Labute approximate surface area is 171 Å². The Bertz CT molecular complexity index is 845. The number of para-hydroxylation sites is 2. The van der Waals surface area contributed by atoms with Gasteiger partial charge in [-0.05, 0) is 50.2 Å². The van der Waals surface area contributed by atoms with Crippen LogP contribution in [0.5, 0.6) is 5.75 Å². The lowest BCUT2D eigenvalue weighted by atomic mass is 10.1. The molecule has 1 aliphatic rings. The second kappa shape index (κ2) is 9.43. The van der Waals surface area contributed by atoms with Crippen molar-refractivity contribution in [1.82, 2.24) is 4.90 Å². The van der Waals surface area contributed by atoms with Crippen LogP contribution < -0.4 is 20.7 Å². The van der Waals surface area contributed by atoms with E-state index in [9.17, 15) is 9.59 Å². The fourth-order valence-corrected chi connectivity index (χ4v) is 3.48. The van der Waals surface area contributed by atoms with E-state index in [0.29, 0.717) is 17.9 Å². The first-order valence-electron chi connectivity index (χ1n) is 9.91. The van der Waals surface area contributed by atoms with E-state index in [2.05, 4.69) is 21.2 Å². The number of nitrogens with two attached hydrogens (primary N) is 1. The Kier molecular flexibility index (Phi) is 6.72. The number of nitrogens with zero attached hydrogens (tertiary/aromatic N) is 2. The maximum absolute atomic E-state index is 12.6. The van der Waals surface area contributed by atoms with Crippen molar-refractivity contribution in [3.8, 4) is 5.75 Å². The summed E-state index contributed by atoms with van der Waals surface area (Å²) in [5.41, 5.74) is 7.41. The number of hydrogen-bond acceptors (Lipinski definition) is 5. The van der Waals surface area contributed by atoms with Gasteiger partial charge in [-0.15, -0.1) is 0 Å². The largest absolute Gasteiger partial charge is 0.492 e. The standard InChI is InChI=1S/C22H28N4O3/c1-3-29-20-7-5-4-6-19(20)26-14-12-25(13-15-26)16(2)22(28)24-18-10-8-17(9-11-18)21(23)27/h4-11,16H,3,12-15H2,1-2H3,(H2,23,27)(H,24,28)/t16-/m0/s1. The topological polar surface area (TPSA) is 87.9 Å². The number of anilines is 2. The van der Waals surface area contributed by atoms with E-state index in [1.54, 1.807) is 24.3 Å². The fourth-order valence-electron chi connectivity index (χ4n) is 3.48. The Morgan fingerprint density at radius 1 is 1.07 bits per heavy atom. The number of carbonyl (C=O) groups excluding carboxylic acids is 2. The molecule has 0 bridgehead atoms. The number of hydrogen-bond donors (Lipinski definition) is 2. The molecule has 29 heavy (non-hydrogen) atoms. The van der Waals surface area contributed by atoms with Crippen molar-refractivity contribution >= 4 is 23.2 Å². The van der Waals surface area contributed by atoms with Crippen LogP contribution in [0.4, 0.5) is 11.4 Å². The van der Waals surface area contributed by atoms with Crippen LogP contribution in [0.1, 0.15) is 24.2 Å². The third-order valence-electron chi connectivity index (χ3n) is 5.18. The first-order chi connectivity index (χ1) is 14.0. The van der Waals surface area contributed by atoms with Crippen molar-refractivity contribution in [3.05, 3.63) is 54.1 Å². The molecule has 3 rings (SSSR count). The molecule has 2 aromatic rings. The fraction of sp³-hybridized carbons (Fsp3) is 0.364. The molecule has 0 radical (unpaired) electrons. The van der Waals surface area contributed by atoms with E-state index in [4.69, 9.17) is 10.5 Å². The molecule has 7 heteroatoms. The number of rotatable bonds is 7. The normalized spacial score (nSPS) is 15.6. The van der Waals surface area contributed by atoms with Crippen molar-refractivity contribution in [3.63, 3.8) is 0 Å². The molecule has 1 heterocycles. The number of ether oxygens (including phenoxy) is 1. The van der Waals surface area contributed by atoms with Crippen LogP contribution in [0.2, 0.25) is 0 Å². The van der Waals surface area contributed by atoms with E-state index in [1.807, 2.05) is 32.0 Å². The van der Waals surface area contributed by atoms with E-state index < -0.39 is 5.91 Å². The van der Waals surface area contributed by atoms with Crippen LogP contribution in [-0.2, 0) is 4.79 Å². The maximum Gasteiger partial charge on any atom is 0.248 e. The zero-order valence-corrected chi connectivity index (χ0v) is 16.9. The van der Waals surface area contributed by atoms with Gasteiger partial charge >= 0.3 is 0 Å². The molecule has 154 valence electrons. The number of piperazine rings is 1. The van der Waals surface area contributed by atoms with E-state index >= 15 is 0 Å². The summed E-state index contributed by atoms with van der Waals surface area (Å²) in [4.78, 5) is 28.3. The summed E-state index contributed by atoms with van der Waals surface area (Å²) in [6.45, 7) is 7.76. The van der Waals surface area contributed by atoms with Crippen molar-refractivity contribution in [2.75, 3.05) is 43.0 Å². The maximum atomic E-state index is 12.6. The van der Waals surface area contributed by atoms with Gasteiger partial charge in [0.05, 0.1) is 18.3 Å². The predicted octanol–water partition coefficient (Wildman–Crippen LogP) is 2.33. The molecule has 1 saturated heterocycles. The SMILES string of the molecule is CCOc1ccccc1N1CCN([C@@H](C)C(=O)Nc2ccc(C(N)=O)cc2)CC1. The number of primary amides is 1. The first-order valence-corrected chi connectivity index (χ1v) is 9.91. The summed E-state index contributed by atoms with van der Waals surface area (Å²) in [5.74, 6) is 0.341. The molecule has 0 spiro atoms. The molecular formula is C22H28N4O3. The molecule has 1 fully saturated rings. The zero-order valence-electron chi connectivity index (χ0n) is 16.9. The lowest BCUT2D eigenvalue weighted by Gasteiger charge is -2.39. The molecule has 3 N–H and O–H groups in total. The highest BCUT2D eigenvalue weighted by atomic mass is 16.5. The third kappa shape index (κ3) is 5.06. The zero-order chi connectivity index (χ0) is 20.8. The van der Waals surface area contributed by atoms with Gasteiger partial charge in [0.2, 0.25) is 11.8 Å². The lowest BCUT2D eigenvalue weighted by Crippen LogP contribution is -2.52. The number of benzene rings is 2. The van der Waals surface area contributed by atoms with Crippen LogP contribution in [0.3, 0.4) is 0 Å². The van der Waals surface area contributed by atoms with Crippen molar-refractivity contribution in [1.29, 1.82) is 0 Å². The van der Waals surface area contributed by atoms with Crippen LogP contribution in [0.15, 0.2) is 48.5 Å². The molecular weight excluding hydrogens is 368 g/mol. The van der Waals surface area contributed by atoms with Crippen molar-refractivity contribution in [2.45, 2.75) is 19.9 Å². The molecule has 2 aromatic carbocycles. The number of nitrogens with one attached hydrogen (secondary N) is 1.